The number of nitrogens with one attached hydrogen (secondary N) is 1. The minimum atomic E-state index is -1.07. The highest BCUT2D eigenvalue weighted by molar-refractivity contribution is 5.78. The van der Waals surface area contributed by atoms with Gasteiger partial charge in [0.25, 0.3) is 0 Å². The van der Waals surface area contributed by atoms with E-state index in [4.69, 9.17) is 4.74 Å². The van der Waals surface area contributed by atoms with Gasteiger partial charge in [0.15, 0.2) is 0 Å². The number of nitrogens with zero attached hydrogens (tertiary/aromatic N) is 3. The SMILES string of the molecule is CNCc1cc(F)ccc1OC1CC(n2ccc3c(C)ncnc32)[C@H](O)[C@@H]1O. The van der Waals surface area contributed by atoms with Crippen LogP contribution in [0.5, 0.6) is 5.75 Å². The van der Waals surface area contributed by atoms with Crippen molar-refractivity contribution in [2.24, 2.45) is 0 Å². The molecule has 4 atom stereocenters. The van der Waals surface area contributed by atoms with Crippen LogP contribution in [0.3, 0.4) is 0 Å². The maximum atomic E-state index is 13.6. The number of rotatable bonds is 5. The molecule has 8 heteroatoms. The molecule has 1 aliphatic carbocycles. The zero-order chi connectivity index (χ0) is 19.8. The molecule has 148 valence electrons. The van der Waals surface area contributed by atoms with Gasteiger partial charge in [-0.2, -0.15) is 0 Å². The number of fused-ring (bicyclic) bond motifs is 1. The number of aliphatic hydroxyl groups excluding tert-OH is 2. The summed E-state index contributed by atoms with van der Waals surface area (Å²) in [7, 11) is 1.76. The number of aromatic nitrogens is 3. The highest BCUT2D eigenvalue weighted by Crippen LogP contribution is 2.36. The number of ether oxygens (including phenoxy) is 1. The molecule has 0 spiro atoms. The fourth-order valence-electron chi connectivity index (χ4n) is 3.88. The molecule has 1 saturated carbocycles. The summed E-state index contributed by atoms with van der Waals surface area (Å²) in [6, 6.07) is 5.79. The predicted molar refractivity (Wildman–Crippen MR) is 102 cm³/mol. The molecule has 0 aliphatic heterocycles. The van der Waals surface area contributed by atoms with E-state index in [1.165, 1.54) is 18.5 Å². The van der Waals surface area contributed by atoms with Gasteiger partial charge in [-0.3, -0.25) is 0 Å². The van der Waals surface area contributed by atoms with Gasteiger partial charge < -0.3 is 24.8 Å². The molecule has 0 bridgehead atoms. The Morgan fingerprint density at radius 1 is 1.25 bits per heavy atom. The number of halogens is 1. The smallest absolute Gasteiger partial charge is 0.143 e. The third kappa shape index (κ3) is 3.23. The van der Waals surface area contributed by atoms with Crippen molar-refractivity contribution in [1.82, 2.24) is 19.9 Å². The molecule has 2 heterocycles. The minimum absolute atomic E-state index is 0.351. The van der Waals surface area contributed by atoms with Crippen molar-refractivity contribution < 1.29 is 19.3 Å². The van der Waals surface area contributed by atoms with Crippen molar-refractivity contribution in [3.05, 3.63) is 53.9 Å². The lowest BCUT2D eigenvalue weighted by Crippen LogP contribution is -2.34. The van der Waals surface area contributed by atoms with E-state index in [-0.39, 0.29) is 11.9 Å². The lowest BCUT2D eigenvalue weighted by molar-refractivity contribution is -0.0166. The van der Waals surface area contributed by atoms with Gasteiger partial charge in [0, 0.05) is 30.1 Å². The lowest BCUT2D eigenvalue weighted by atomic mass is 10.2. The van der Waals surface area contributed by atoms with Crippen molar-refractivity contribution in [2.75, 3.05) is 7.05 Å². The van der Waals surface area contributed by atoms with Crippen molar-refractivity contribution in [1.29, 1.82) is 0 Å². The van der Waals surface area contributed by atoms with E-state index in [9.17, 15) is 14.6 Å². The first-order valence-corrected chi connectivity index (χ1v) is 9.23. The maximum Gasteiger partial charge on any atom is 0.143 e. The molecule has 0 radical (unpaired) electrons. The molecule has 0 amide bonds. The lowest BCUT2D eigenvalue weighted by Gasteiger charge is -2.20. The number of aliphatic hydroxyl groups is 2. The number of hydrogen-bond donors (Lipinski definition) is 3. The monoisotopic (exact) mass is 386 g/mol. The summed E-state index contributed by atoms with van der Waals surface area (Å²) >= 11 is 0. The summed E-state index contributed by atoms with van der Waals surface area (Å²) in [5.74, 6) is 0.138. The average Bonchev–Trinajstić information content (AvgIpc) is 3.21. The van der Waals surface area contributed by atoms with E-state index in [0.29, 0.717) is 29.9 Å². The summed E-state index contributed by atoms with van der Waals surface area (Å²) in [5, 5.41) is 25.1. The fourth-order valence-corrected chi connectivity index (χ4v) is 3.88. The van der Waals surface area contributed by atoms with E-state index >= 15 is 0 Å². The molecule has 1 fully saturated rings. The van der Waals surface area contributed by atoms with Crippen LogP contribution in [0.25, 0.3) is 11.0 Å². The standard InChI is InChI=1S/C20H23FN4O3/c1-11-14-5-6-25(20(14)24-10-23-11)15-8-17(19(27)18(15)26)28-16-4-3-13(21)7-12(16)9-22-2/h3-7,10,15,17-19,22,26-27H,8-9H2,1-2H3/t15?,17?,18-,19+/m0/s1. The first-order valence-electron chi connectivity index (χ1n) is 9.23. The molecular weight excluding hydrogens is 363 g/mol. The summed E-state index contributed by atoms with van der Waals surface area (Å²) in [4.78, 5) is 8.52. The van der Waals surface area contributed by atoms with Crippen LogP contribution in [-0.4, -0.2) is 50.1 Å². The Hall–Kier alpha value is -2.55. The molecule has 2 aromatic heterocycles. The summed E-state index contributed by atoms with van der Waals surface area (Å²) in [5.41, 5.74) is 2.22. The zero-order valence-electron chi connectivity index (χ0n) is 15.7. The van der Waals surface area contributed by atoms with Crippen molar-refractivity contribution >= 4 is 11.0 Å². The van der Waals surface area contributed by atoms with Crippen LogP contribution in [0.1, 0.15) is 23.7 Å². The minimum Gasteiger partial charge on any atom is -0.487 e. The van der Waals surface area contributed by atoms with E-state index in [2.05, 4.69) is 15.3 Å². The van der Waals surface area contributed by atoms with Gasteiger partial charge in [-0.25, -0.2) is 14.4 Å². The van der Waals surface area contributed by atoms with E-state index in [1.54, 1.807) is 13.1 Å². The second-order valence-corrected chi connectivity index (χ2v) is 7.14. The van der Waals surface area contributed by atoms with Gasteiger partial charge in [-0.1, -0.05) is 0 Å². The first-order chi connectivity index (χ1) is 13.5. The van der Waals surface area contributed by atoms with Gasteiger partial charge >= 0.3 is 0 Å². The normalized spacial score (nSPS) is 24.8. The Kier molecular flexibility index (Phi) is 5.01. The molecule has 0 saturated heterocycles. The Bertz CT molecular complexity index is 993. The Morgan fingerprint density at radius 2 is 2.07 bits per heavy atom. The van der Waals surface area contributed by atoms with Crippen LogP contribution >= 0.6 is 0 Å². The first kappa shape index (κ1) is 18.8. The predicted octanol–water partition coefficient (Wildman–Crippen LogP) is 1.71. The second kappa shape index (κ2) is 7.46. The van der Waals surface area contributed by atoms with Gasteiger partial charge in [0.1, 0.15) is 41.9 Å². The molecule has 28 heavy (non-hydrogen) atoms. The number of benzene rings is 1. The second-order valence-electron chi connectivity index (χ2n) is 7.14. The summed E-state index contributed by atoms with van der Waals surface area (Å²) < 4.78 is 21.4. The highest BCUT2D eigenvalue weighted by atomic mass is 19.1. The number of hydrogen-bond acceptors (Lipinski definition) is 6. The Morgan fingerprint density at radius 3 is 2.86 bits per heavy atom. The van der Waals surface area contributed by atoms with Gasteiger partial charge in [-0.05, 0) is 38.2 Å². The Labute approximate surface area is 161 Å². The third-order valence-electron chi connectivity index (χ3n) is 5.33. The molecule has 4 rings (SSSR count). The van der Waals surface area contributed by atoms with Gasteiger partial charge in [0.2, 0.25) is 0 Å². The van der Waals surface area contributed by atoms with E-state index < -0.39 is 18.3 Å². The van der Waals surface area contributed by atoms with Crippen molar-refractivity contribution in [2.45, 2.75) is 44.2 Å². The summed E-state index contributed by atoms with van der Waals surface area (Å²) in [6.07, 6.45) is 1.02. The van der Waals surface area contributed by atoms with E-state index in [0.717, 1.165) is 11.1 Å². The topological polar surface area (TPSA) is 92.4 Å². The largest absolute Gasteiger partial charge is 0.487 e. The molecule has 1 aromatic carbocycles. The van der Waals surface area contributed by atoms with Crippen LogP contribution in [0.15, 0.2) is 36.8 Å². The van der Waals surface area contributed by atoms with Gasteiger partial charge in [0.05, 0.1) is 11.7 Å². The Balaban J connectivity index is 1.61. The fraction of sp³-hybridized carbons (Fsp3) is 0.400. The van der Waals surface area contributed by atoms with Crippen LogP contribution < -0.4 is 10.1 Å². The zero-order valence-corrected chi connectivity index (χ0v) is 15.7. The molecule has 1 aliphatic rings. The van der Waals surface area contributed by atoms with Crippen molar-refractivity contribution in [3.63, 3.8) is 0 Å². The van der Waals surface area contributed by atoms with Crippen LogP contribution in [-0.2, 0) is 6.54 Å². The molecule has 3 aromatic rings. The van der Waals surface area contributed by atoms with Crippen molar-refractivity contribution in [3.8, 4) is 5.75 Å². The maximum absolute atomic E-state index is 13.6. The van der Waals surface area contributed by atoms with Crippen LogP contribution in [0, 0.1) is 12.7 Å². The summed E-state index contributed by atoms with van der Waals surface area (Å²) in [6.45, 7) is 2.33. The highest BCUT2D eigenvalue weighted by Gasteiger charge is 2.44. The van der Waals surface area contributed by atoms with Crippen LogP contribution in [0.4, 0.5) is 4.39 Å². The van der Waals surface area contributed by atoms with Gasteiger partial charge in [-0.15, -0.1) is 0 Å². The number of aryl methyl sites for hydroxylation is 1. The van der Waals surface area contributed by atoms with E-state index in [1.807, 2.05) is 23.8 Å². The molecule has 2 unspecified atom stereocenters. The quantitative estimate of drug-likeness (QED) is 0.618. The van der Waals surface area contributed by atoms with Crippen LogP contribution in [0.2, 0.25) is 0 Å². The average molecular weight is 386 g/mol. The molecular formula is C20H23FN4O3. The third-order valence-corrected chi connectivity index (χ3v) is 5.33. The molecule has 3 N–H and O–H groups in total. The molecule has 7 nitrogen and oxygen atoms in total.